The smallest absolute Gasteiger partial charge is 0.191 e. The summed E-state index contributed by atoms with van der Waals surface area (Å²) in [5, 5.41) is 19.2. The van der Waals surface area contributed by atoms with Crippen LogP contribution in [-0.4, -0.2) is 31.4 Å². The van der Waals surface area contributed by atoms with Crippen molar-refractivity contribution >= 4 is 17.5 Å². The number of benzene rings is 2. The Morgan fingerprint density at radius 3 is 2.58 bits per heavy atom. The third kappa shape index (κ3) is 3.96. The normalized spacial score (nSPS) is 10.8. The van der Waals surface area contributed by atoms with E-state index in [1.807, 2.05) is 54.8 Å². The number of para-hydroxylation sites is 1. The zero-order chi connectivity index (χ0) is 18.5. The molecule has 0 atom stereocenters. The summed E-state index contributed by atoms with van der Waals surface area (Å²) >= 11 is 1.38. The molecule has 0 fully saturated rings. The summed E-state index contributed by atoms with van der Waals surface area (Å²) in [5.41, 5.74) is 2.83. The van der Waals surface area contributed by atoms with Crippen LogP contribution in [0.1, 0.15) is 18.1 Å². The van der Waals surface area contributed by atoms with Gasteiger partial charge in [-0.3, -0.25) is 4.79 Å². The fourth-order valence-corrected chi connectivity index (χ4v) is 3.62. The number of hydrogen-bond acceptors (Lipinski definition) is 5. The van der Waals surface area contributed by atoms with Crippen molar-refractivity contribution in [3.8, 4) is 17.1 Å². The van der Waals surface area contributed by atoms with Gasteiger partial charge in [0.25, 0.3) is 0 Å². The summed E-state index contributed by atoms with van der Waals surface area (Å²) in [5.74, 6) is 1.27. The number of rotatable bonds is 7. The molecule has 26 heavy (non-hydrogen) atoms. The van der Waals surface area contributed by atoms with Gasteiger partial charge in [-0.1, -0.05) is 48.2 Å². The monoisotopic (exact) mass is 367 g/mol. The van der Waals surface area contributed by atoms with Gasteiger partial charge in [0, 0.05) is 13.0 Å². The molecule has 0 unspecified atom stereocenters. The maximum atomic E-state index is 12.4. The highest BCUT2D eigenvalue weighted by molar-refractivity contribution is 7.99. The van der Waals surface area contributed by atoms with E-state index in [0.29, 0.717) is 35.3 Å². The number of phenols is 1. The molecule has 0 amide bonds. The van der Waals surface area contributed by atoms with E-state index in [4.69, 9.17) is 0 Å². The minimum absolute atomic E-state index is 0.152. The number of carbonyl (C=O) groups excluding carboxylic acids is 1. The molecule has 5 nitrogen and oxygen atoms in total. The third-order valence-corrected chi connectivity index (χ3v) is 5.22. The number of carbonyl (C=O) groups is 1. The molecule has 1 N–H and O–H groups in total. The molecular weight excluding hydrogens is 346 g/mol. The Morgan fingerprint density at radius 1 is 1.12 bits per heavy atom. The van der Waals surface area contributed by atoms with Crippen LogP contribution in [-0.2, 0) is 17.8 Å². The van der Waals surface area contributed by atoms with Crippen LogP contribution in [0.2, 0.25) is 0 Å². The summed E-state index contributed by atoms with van der Waals surface area (Å²) in [7, 11) is 0. The first kappa shape index (κ1) is 18.2. The molecule has 6 heteroatoms. The molecule has 1 aromatic heterocycles. The van der Waals surface area contributed by atoms with Crippen molar-refractivity contribution in [1.29, 1.82) is 0 Å². The molecule has 0 aliphatic carbocycles. The van der Waals surface area contributed by atoms with Crippen molar-refractivity contribution in [1.82, 2.24) is 14.8 Å². The lowest BCUT2D eigenvalue weighted by Gasteiger charge is -2.08. The van der Waals surface area contributed by atoms with E-state index in [1.54, 1.807) is 12.1 Å². The molecule has 3 rings (SSSR count). The van der Waals surface area contributed by atoms with E-state index >= 15 is 0 Å². The van der Waals surface area contributed by atoms with Crippen LogP contribution in [0, 0.1) is 6.92 Å². The summed E-state index contributed by atoms with van der Waals surface area (Å²) in [4.78, 5) is 12.4. The van der Waals surface area contributed by atoms with E-state index in [2.05, 4.69) is 10.2 Å². The maximum absolute atomic E-state index is 12.4. The Bertz CT molecular complexity index is 921. The Hall–Kier alpha value is -2.60. The average molecular weight is 367 g/mol. The van der Waals surface area contributed by atoms with Gasteiger partial charge in [-0.15, -0.1) is 10.2 Å². The number of ketones is 1. The van der Waals surface area contributed by atoms with Gasteiger partial charge in [-0.05, 0) is 37.1 Å². The highest BCUT2D eigenvalue weighted by Gasteiger charge is 2.17. The van der Waals surface area contributed by atoms with Gasteiger partial charge >= 0.3 is 0 Å². The molecule has 1 heterocycles. The minimum atomic E-state index is 0.152. The maximum Gasteiger partial charge on any atom is 0.191 e. The number of phenolic OH excluding ortho intramolecular Hbond substituents is 1. The van der Waals surface area contributed by atoms with Gasteiger partial charge in [0.2, 0.25) is 0 Å². The molecule has 0 bridgehead atoms. The van der Waals surface area contributed by atoms with E-state index in [1.165, 1.54) is 11.8 Å². The number of aryl methyl sites for hydroxylation is 1. The Morgan fingerprint density at radius 2 is 1.85 bits per heavy atom. The lowest BCUT2D eigenvalue weighted by molar-refractivity contribution is -0.116. The molecule has 0 radical (unpaired) electrons. The predicted molar refractivity (Wildman–Crippen MR) is 103 cm³/mol. The number of thioether (sulfide) groups is 1. The quantitative estimate of drug-likeness (QED) is 0.642. The zero-order valence-corrected chi connectivity index (χ0v) is 15.7. The largest absolute Gasteiger partial charge is 0.507 e. The van der Waals surface area contributed by atoms with Crippen molar-refractivity contribution in [2.75, 3.05) is 5.75 Å². The molecule has 0 aliphatic rings. The summed E-state index contributed by atoms with van der Waals surface area (Å²) in [6, 6.07) is 15.0. The topological polar surface area (TPSA) is 68.0 Å². The number of Topliss-reactive ketones (excluding diaryl/α,β-unsaturated/α-hetero) is 1. The van der Waals surface area contributed by atoms with Gasteiger partial charge in [0.15, 0.2) is 11.0 Å². The van der Waals surface area contributed by atoms with Crippen LogP contribution in [0.25, 0.3) is 11.4 Å². The minimum Gasteiger partial charge on any atom is -0.507 e. The van der Waals surface area contributed by atoms with Crippen LogP contribution in [0.4, 0.5) is 0 Å². The van der Waals surface area contributed by atoms with E-state index < -0.39 is 0 Å². The van der Waals surface area contributed by atoms with Crippen molar-refractivity contribution in [2.24, 2.45) is 0 Å². The third-order valence-electron chi connectivity index (χ3n) is 4.19. The summed E-state index contributed by atoms with van der Waals surface area (Å²) < 4.78 is 1.92. The SMILES string of the molecule is CCn1c(SCC(=O)Cc2ccccc2C)nnc1-c1ccccc1O. The van der Waals surface area contributed by atoms with Gasteiger partial charge < -0.3 is 9.67 Å². The second-order valence-corrected chi connectivity index (χ2v) is 6.94. The molecule has 0 saturated heterocycles. The van der Waals surface area contributed by atoms with Gasteiger partial charge in [0.05, 0.1) is 11.3 Å². The van der Waals surface area contributed by atoms with Crippen molar-refractivity contribution in [3.05, 3.63) is 59.7 Å². The first-order valence-corrected chi connectivity index (χ1v) is 9.49. The second-order valence-electron chi connectivity index (χ2n) is 6.00. The zero-order valence-electron chi connectivity index (χ0n) is 14.8. The standard InChI is InChI=1S/C20H21N3O2S/c1-3-23-19(17-10-6-7-11-18(17)25)21-22-20(23)26-13-16(24)12-15-9-5-4-8-14(15)2/h4-11,25H,3,12-13H2,1-2H3. The van der Waals surface area contributed by atoms with Gasteiger partial charge in [0.1, 0.15) is 11.5 Å². The van der Waals surface area contributed by atoms with Gasteiger partial charge in [-0.25, -0.2) is 0 Å². The van der Waals surface area contributed by atoms with Crippen LogP contribution < -0.4 is 0 Å². The Labute approximate surface area is 157 Å². The van der Waals surface area contributed by atoms with Crippen molar-refractivity contribution in [2.45, 2.75) is 32.0 Å². The molecule has 134 valence electrons. The number of aromatic hydroxyl groups is 1. The fraction of sp³-hybridized carbons (Fsp3) is 0.250. The average Bonchev–Trinajstić information content (AvgIpc) is 3.05. The number of aromatic nitrogens is 3. The molecular formula is C20H21N3O2S. The molecule has 0 aliphatic heterocycles. The highest BCUT2D eigenvalue weighted by Crippen LogP contribution is 2.30. The lowest BCUT2D eigenvalue weighted by Crippen LogP contribution is -2.08. The van der Waals surface area contributed by atoms with Crippen LogP contribution >= 0.6 is 11.8 Å². The summed E-state index contributed by atoms with van der Waals surface area (Å²) in [6.45, 7) is 4.67. The van der Waals surface area contributed by atoms with Crippen LogP contribution in [0.15, 0.2) is 53.7 Å². The Balaban J connectivity index is 1.72. The first-order chi connectivity index (χ1) is 12.6. The molecule has 0 spiro atoms. The predicted octanol–water partition coefficient (Wildman–Crippen LogP) is 3.88. The molecule has 3 aromatic rings. The first-order valence-electron chi connectivity index (χ1n) is 8.50. The highest BCUT2D eigenvalue weighted by atomic mass is 32.2. The fourth-order valence-electron chi connectivity index (χ4n) is 2.76. The van der Waals surface area contributed by atoms with Crippen LogP contribution in [0.5, 0.6) is 5.75 Å². The van der Waals surface area contributed by atoms with E-state index in [9.17, 15) is 9.90 Å². The Kier molecular flexibility index (Phi) is 5.73. The lowest BCUT2D eigenvalue weighted by atomic mass is 10.0. The molecule has 0 saturated carbocycles. The van der Waals surface area contributed by atoms with Crippen molar-refractivity contribution in [3.63, 3.8) is 0 Å². The number of hydrogen-bond donors (Lipinski definition) is 1. The second kappa shape index (κ2) is 8.19. The van der Waals surface area contributed by atoms with E-state index in [0.717, 1.165) is 11.1 Å². The van der Waals surface area contributed by atoms with Crippen molar-refractivity contribution < 1.29 is 9.90 Å². The van der Waals surface area contributed by atoms with Gasteiger partial charge in [-0.2, -0.15) is 0 Å². The number of nitrogens with zero attached hydrogens (tertiary/aromatic N) is 3. The summed E-state index contributed by atoms with van der Waals surface area (Å²) in [6.07, 6.45) is 0.423. The van der Waals surface area contributed by atoms with E-state index in [-0.39, 0.29) is 11.5 Å². The van der Waals surface area contributed by atoms with Crippen LogP contribution in [0.3, 0.4) is 0 Å². The molecule has 2 aromatic carbocycles.